The molecule has 8 heteroatoms. The Kier molecular flexibility index (Phi) is 4.69. The van der Waals surface area contributed by atoms with Crippen LogP contribution in [0.25, 0.3) is 0 Å². The van der Waals surface area contributed by atoms with Crippen molar-refractivity contribution in [3.05, 3.63) is 31.1 Å². The smallest absolute Gasteiger partial charge is 0.319 e. The molecule has 1 unspecified atom stereocenters. The molecule has 110 valence electrons. The third kappa shape index (κ3) is 3.99. The fraction of sp³-hybridized carbons (Fsp3) is 0.500. The Balaban J connectivity index is 1.90. The van der Waals surface area contributed by atoms with Gasteiger partial charge in [0.15, 0.2) is 6.34 Å². The Bertz CT molecular complexity index is 566. The van der Waals surface area contributed by atoms with Gasteiger partial charge < -0.3 is 4.57 Å². The van der Waals surface area contributed by atoms with E-state index in [9.17, 15) is 8.42 Å². The SMILES string of the molecule is CCC[N+]1(CS(=O)(=O)OCCn2ccnc2)C=CN=C1. The van der Waals surface area contributed by atoms with Crippen molar-refractivity contribution in [1.82, 2.24) is 9.55 Å². The number of aliphatic imine (C=N–C) groups is 1. The molecular formula is C12H19N4O3S+. The monoisotopic (exact) mass is 299 g/mol. The number of quaternary nitrogens is 1. The van der Waals surface area contributed by atoms with Crippen LogP contribution in [-0.4, -0.2) is 47.8 Å². The van der Waals surface area contributed by atoms with Crippen LogP contribution in [0.15, 0.2) is 36.1 Å². The van der Waals surface area contributed by atoms with Gasteiger partial charge in [-0.15, -0.1) is 0 Å². The first-order chi connectivity index (χ1) is 9.55. The molecule has 0 fully saturated rings. The molecule has 1 aliphatic heterocycles. The van der Waals surface area contributed by atoms with E-state index < -0.39 is 10.1 Å². The molecule has 0 aliphatic carbocycles. The summed E-state index contributed by atoms with van der Waals surface area (Å²) in [6.45, 7) is 3.25. The predicted molar refractivity (Wildman–Crippen MR) is 75.0 cm³/mol. The van der Waals surface area contributed by atoms with Crippen molar-refractivity contribution in [2.75, 3.05) is 19.0 Å². The summed E-state index contributed by atoms with van der Waals surface area (Å²) in [6, 6.07) is 0. The molecule has 1 aromatic rings. The van der Waals surface area contributed by atoms with Gasteiger partial charge in [-0.3, -0.25) is 4.18 Å². The summed E-state index contributed by atoms with van der Waals surface area (Å²) in [5.74, 6) is -0.120. The van der Waals surface area contributed by atoms with E-state index in [2.05, 4.69) is 9.98 Å². The van der Waals surface area contributed by atoms with Crippen molar-refractivity contribution in [3.8, 4) is 0 Å². The van der Waals surface area contributed by atoms with Crippen molar-refractivity contribution in [3.63, 3.8) is 0 Å². The normalized spacial score (nSPS) is 21.6. The van der Waals surface area contributed by atoms with E-state index >= 15 is 0 Å². The minimum Gasteiger partial charge on any atom is -0.335 e. The quantitative estimate of drug-likeness (QED) is 0.528. The molecule has 0 spiro atoms. The van der Waals surface area contributed by atoms with Crippen LogP contribution in [-0.2, 0) is 20.8 Å². The van der Waals surface area contributed by atoms with Crippen LogP contribution in [0.4, 0.5) is 0 Å². The number of aromatic nitrogens is 2. The van der Waals surface area contributed by atoms with E-state index in [0.29, 0.717) is 13.1 Å². The highest BCUT2D eigenvalue weighted by atomic mass is 32.2. The Morgan fingerprint density at radius 2 is 2.25 bits per heavy atom. The molecule has 0 saturated heterocycles. The summed E-state index contributed by atoms with van der Waals surface area (Å²) in [6.07, 6.45) is 10.9. The topological polar surface area (TPSA) is 73.6 Å². The van der Waals surface area contributed by atoms with Crippen molar-refractivity contribution in [2.24, 2.45) is 4.99 Å². The Morgan fingerprint density at radius 1 is 1.40 bits per heavy atom. The minimum absolute atomic E-state index is 0.103. The first kappa shape index (κ1) is 14.9. The van der Waals surface area contributed by atoms with Gasteiger partial charge >= 0.3 is 10.1 Å². The van der Waals surface area contributed by atoms with Gasteiger partial charge in [0, 0.05) is 18.9 Å². The minimum atomic E-state index is -3.60. The summed E-state index contributed by atoms with van der Waals surface area (Å²) in [7, 11) is -3.60. The molecule has 1 aromatic heterocycles. The number of hydrogen-bond acceptors (Lipinski definition) is 5. The molecule has 0 radical (unpaired) electrons. The zero-order valence-electron chi connectivity index (χ0n) is 11.4. The first-order valence-corrected chi connectivity index (χ1v) is 8.04. The van der Waals surface area contributed by atoms with Crippen LogP contribution < -0.4 is 0 Å². The molecule has 2 heterocycles. The lowest BCUT2D eigenvalue weighted by Crippen LogP contribution is -2.45. The molecule has 0 bridgehead atoms. The second kappa shape index (κ2) is 6.29. The van der Waals surface area contributed by atoms with Crippen molar-refractivity contribution >= 4 is 16.5 Å². The highest BCUT2D eigenvalue weighted by Gasteiger charge is 2.32. The van der Waals surface area contributed by atoms with Crippen LogP contribution in [0.5, 0.6) is 0 Å². The van der Waals surface area contributed by atoms with Crippen molar-refractivity contribution in [1.29, 1.82) is 0 Å². The molecule has 0 aromatic carbocycles. The fourth-order valence-electron chi connectivity index (χ4n) is 2.09. The van der Waals surface area contributed by atoms with Crippen LogP contribution in [0, 0.1) is 0 Å². The summed E-state index contributed by atoms with van der Waals surface area (Å²) >= 11 is 0. The summed E-state index contributed by atoms with van der Waals surface area (Å²) in [4.78, 5) is 7.88. The van der Waals surface area contributed by atoms with Crippen LogP contribution in [0.1, 0.15) is 13.3 Å². The first-order valence-electron chi connectivity index (χ1n) is 6.47. The second-order valence-corrected chi connectivity index (χ2v) is 6.31. The summed E-state index contributed by atoms with van der Waals surface area (Å²) in [5.41, 5.74) is 0. The van der Waals surface area contributed by atoms with Gasteiger partial charge in [0.1, 0.15) is 6.20 Å². The Morgan fingerprint density at radius 3 is 2.85 bits per heavy atom. The number of imidazole rings is 1. The van der Waals surface area contributed by atoms with Gasteiger partial charge in [0.2, 0.25) is 5.88 Å². The highest BCUT2D eigenvalue weighted by molar-refractivity contribution is 7.86. The van der Waals surface area contributed by atoms with Gasteiger partial charge in [0.05, 0.1) is 25.7 Å². The number of rotatable bonds is 8. The van der Waals surface area contributed by atoms with Gasteiger partial charge in [-0.25, -0.2) is 14.5 Å². The maximum atomic E-state index is 12.0. The molecule has 1 atom stereocenters. The van der Waals surface area contributed by atoms with Gasteiger partial charge in [-0.2, -0.15) is 8.42 Å². The van der Waals surface area contributed by atoms with E-state index in [0.717, 1.165) is 6.42 Å². The second-order valence-electron chi connectivity index (χ2n) is 4.70. The van der Waals surface area contributed by atoms with Crippen LogP contribution >= 0.6 is 0 Å². The van der Waals surface area contributed by atoms with E-state index in [4.69, 9.17) is 4.18 Å². The predicted octanol–water partition coefficient (Wildman–Crippen LogP) is 0.927. The molecule has 7 nitrogen and oxygen atoms in total. The van der Waals surface area contributed by atoms with E-state index in [-0.39, 0.29) is 17.0 Å². The molecule has 0 amide bonds. The maximum Gasteiger partial charge on any atom is 0.319 e. The van der Waals surface area contributed by atoms with Gasteiger partial charge in [-0.05, 0) is 6.42 Å². The largest absolute Gasteiger partial charge is 0.335 e. The number of nitrogens with zero attached hydrogens (tertiary/aromatic N) is 4. The zero-order valence-corrected chi connectivity index (χ0v) is 12.2. The van der Waals surface area contributed by atoms with Crippen molar-refractivity contribution < 1.29 is 17.1 Å². The number of hydrogen-bond donors (Lipinski definition) is 0. The lowest BCUT2D eigenvalue weighted by atomic mass is 10.4. The van der Waals surface area contributed by atoms with Crippen molar-refractivity contribution in [2.45, 2.75) is 19.9 Å². The fourth-order valence-corrected chi connectivity index (χ4v) is 3.36. The molecule has 1 aliphatic rings. The average Bonchev–Trinajstić information content (AvgIpc) is 3.01. The lowest BCUT2D eigenvalue weighted by molar-refractivity contribution is -0.766. The molecule has 0 saturated carbocycles. The Hall–Kier alpha value is -1.51. The van der Waals surface area contributed by atoms with Crippen LogP contribution in [0.3, 0.4) is 0 Å². The Labute approximate surface area is 118 Å². The highest BCUT2D eigenvalue weighted by Crippen LogP contribution is 2.15. The molecule has 20 heavy (non-hydrogen) atoms. The lowest BCUT2D eigenvalue weighted by Gasteiger charge is -2.26. The average molecular weight is 299 g/mol. The van der Waals surface area contributed by atoms with E-state index in [1.54, 1.807) is 42.0 Å². The standard InChI is InChI=1S/C12H19N4O3S/c1-2-7-16(8-4-14-11-16)12-20(17,18)19-9-6-15-5-3-13-10-15/h3-5,8,10-11H,2,6-7,9,12H2,1H3/q+1. The van der Waals surface area contributed by atoms with Crippen LogP contribution in [0.2, 0.25) is 0 Å². The van der Waals surface area contributed by atoms with Gasteiger partial charge in [0.25, 0.3) is 0 Å². The maximum absolute atomic E-state index is 12.0. The van der Waals surface area contributed by atoms with Gasteiger partial charge in [-0.1, -0.05) is 6.92 Å². The zero-order chi connectivity index (χ0) is 14.5. The molecule has 2 rings (SSSR count). The van der Waals surface area contributed by atoms with E-state index in [1.165, 1.54) is 0 Å². The summed E-state index contributed by atoms with van der Waals surface area (Å²) in [5, 5.41) is 0. The molecular weight excluding hydrogens is 280 g/mol. The third-order valence-corrected chi connectivity index (χ3v) is 4.28. The third-order valence-electron chi connectivity index (χ3n) is 2.96. The van der Waals surface area contributed by atoms with E-state index in [1.807, 2.05) is 6.92 Å². The summed E-state index contributed by atoms with van der Waals surface area (Å²) < 4.78 is 31.1. The molecule has 0 N–H and O–H groups in total.